The summed E-state index contributed by atoms with van der Waals surface area (Å²) >= 11 is 0. The van der Waals surface area contributed by atoms with Crippen LogP contribution in [0.2, 0.25) is 0 Å². The van der Waals surface area contributed by atoms with E-state index in [0.29, 0.717) is 6.54 Å². The van der Waals surface area contributed by atoms with Crippen molar-refractivity contribution in [3.8, 4) is 0 Å². The average Bonchev–Trinajstić information content (AvgIpc) is 2.28. The van der Waals surface area contributed by atoms with Gasteiger partial charge in [0.25, 0.3) is 5.91 Å². The second-order valence-electron chi connectivity index (χ2n) is 4.35. The van der Waals surface area contributed by atoms with Gasteiger partial charge in [-0.1, -0.05) is 12.1 Å². The van der Waals surface area contributed by atoms with Gasteiger partial charge in [0.15, 0.2) is 0 Å². The minimum Gasteiger partial charge on any atom is -0.349 e. The Kier molecular flexibility index (Phi) is 4.44. The molecule has 1 N–H and O–H groups in total. The standard InChI is InChI=1S/C14H19NO2/c1-9-5-6-13(11(3)10(9)2)7-8-15-14(17)12(4)16/h5-6H,7-8H2,1-4H3,(H,15,17). The summed E-state index contributed by atoms with van der Waals surface area (Å²) < 4.78 is 0. The molecule has 1 amide bonds. The number of carbonyl (C=O) groups excluding carboxylic acids is 2. The minimum atomic E-state index is -0.508. The number of Topliss-reactive ketones (excluding diaryl/α,β-unsaturated/α-hetero) is 1. The van der Waals surface area contributed by atoms with Gasteiger partial charge in [-0.15, -0.1) is 0 Å². The molecule has 0 bridgehead atoms. The van der Waals surface area contributed by atoms with Gasteiger partial charge in [0.1, 0.15) is 0 Å². The molecule has 0 saturated heterocycles. The zero-order chi connectivity index (χ0) is 13.0. The fraction of sp³-hybridized carbons (Fsp3) is 0.429. The zero-order valence-electron chi connectivity index (χ0n) is 10.9. The summed E-state index contributed by atoms with van der Waals surface area (Å²) in [6.07, 6.45) is 0.756. The number of carbonyl (C=O) groups is 2. The summed E-state index contributed by atoms with van der Waals surface area (Å²) in [5.41, 5.74) is 5.05. The number of rotatable bonds is 4. The molecule has 3 heteroatoms. The fourth-order valence-corrected chi connectivity index (χ4v) is 1.72. The summed E-state index contributed by atoms with van der Waals surface area (Å²) in [5.74, 6) is -0.951. The second kappa shape index (κ2) is 5.62. The summed E-state index contributed by atoms with van der Waals surface area (Å²) in [6, 6.07) is 4.17. The Balaban J connectivity index is 2.62. The van der Waals surface area contributed by atoms with Crippen LogP contribution in [0.5, 0.6) is 0 Å². The highest BCUT2D eigenvalue weighted by molar-refractivity contribution is 6.35. The number of nitrogens with one attached hydrogen (secondary N) is 1. The largest absolute Gasteiger partial charge is 0.349 e. The first kappa shape index (κ1) is 13.4. The molecule has 0 aromatic heterocycles. The number of amides is 1. The number of hydrogen-bond donors (Lipinski definition) is 1. The van der Waals surface area contributed by atoms with E-state index in [2.05, 4.69) is 38.2 Å². The molecule has 0 aliphatic carbocycles. The van der Waals surface area contributed by atoms with Gasteiger partial charge in [0.05, 0.1) is 0 Å². The first-order valence-electron chi connectivity index (χ1n) is 5.78. The van der Waals surface area contributed by atoms with Gasteiger partial charge in [-0.3, -0.25) is 9.59 Å². The number of hydrogen-bond acceptors (Lipinski definition) is 2. The quantitative estimate of drug-likeness (QED) is 0.807. The molecular formula is C14H19NO2. The van der Waals surface area contributed by atoms with Gasteiger partial charge < -0.3 is 5.32 Å². The van der Waals surface area contributed by atoms with E-state index in [0.717, 1.165) is 6.42 Å². The predicted molar refractivity (Wildman–Crippen MR) is 68.0 cm³/mol. The molecule has 1 aromatic carbocycles. The van der Waals surface area contributed by atoms with E-state index in [4.69, 9.17) is 0 Å². The highest BCUT2D eigenvalue weighted by atomic mass is 16.2. The topological polar surface area (TPSA) is 46.2 Å². The van der Waals surface area contributed by atoms with Crippen LogP contribution in [-0.2, 0) is 16.0 Å². The van der Waals surface area contributed by atoms with Crippen molar-refractivity contribution >= 4 is 11.7 Å². The number of ketones is 1. The lowest BCUT2D eigenvalue weighted by Crippen LogP contribution is -2.30. The summed E-state index contributed by atoms with van der Waals surface area (Å²) in [5, 5.41) is 2.60. The van der Waals surface area contributed by atoms with Crippen molar-refractivity contribution in [3.63, 3.8) is 0 Å². The maximum atomic E-state index is 11.1. The molecule has 0 fully saturated rings. The Labute approximate surface area is 102 Å². The van der Waals surface area contributed by atoms with E-state index in [1.54, 1.807) is 0 Å². The fourth-order valence-electron chi connectivity index (χ4n) is 1.72. The molecule has 92 valence electrons. The lowest BCUT2D eigenvalue weighted by molar-refractivity contribution is -0.136. The third kappa shape index (κ3) is 3.41. The summed E-state index contributed by atoms with van der Waals surface area (Å²) in [6.45, 7) is 8.05. The van der Waals surface area contributed by atoms with Crippen molar-refractivity contribution < 1.29 is 9.59 Å². The smallest absolute Gasteiger partial charge is 0.287 e. The van der Waals surface area contributed by atoms with Crippen LogP contribution in [0.3, 0.4) is 0 Å². The molecule has 0 spiro atoms. The molecule has 17 heavy (non-hydrogen) atoms. The molecule has 3 nitrogen and oxygen atoms in total. The summed E-state index contributed by atoms with van der Waals surface area (Å²) in [7, 11) is 0. The Morgan fingerprint density at radius 2 is 1.76 bits per heavy atom. The van der Waals surface area contributed by atoms with Crippen LogP contribution in [0.15, 0.2) is 12.1 Å². The maximum absolute atomic E-state index is 11.1. The van der Waals surface area contributed by atoms with Gasteiger partial charge in [-0.25, -0.2) is 0 Å². The van der Waals surface area contributed by atoms with E-state index in [-0.39, 0.29) is 0 Å². The van der Waals surface area contributed by atoms with Crippen LogP contribution in [-0.4, -0.2) is 18.2 Å². The molecule has 0 heterocycles. The highest BCUT2D eigenvalue weighted by Gasteiger charge is 2.07. The Morgan fingerprint density at radius 1 is 1.12 bits per heavy atom. The van der Waals surface area contributed by atoms with Crippen LogP contribution in [0, 0.1) is 20.8 Å². The molecular weight excluding hydrogens is 214 g/mol. The van der Waals surface area contributed by atoms with Crippen molar-refractivity contribution in [1.82, 2.24) is 5.32 Å². The molecule has 0 aliphatic heterocycles. The van der Waals surface area contributed by atoms with E-state index in [9.17, 15) is 9.59 Å². The molecule has 1 aromatic rings. The molecule has 0 saturated carbocycles. The minimum absolute atomic E-state index is 0.443. The first-order valence-corrected chi connectivity index (χ1v) is 5.78. The van der Waals surface area contributed by atoms with Crippen molar-refractivity contribution in [2.75, 3.05) is 6.54 Å². The molecule has 0 atom stereocenters. The Bertz CT molecular complexity index is 450. The van der Waals surface area contributed by atoms with Crippen molar-refractivity contribution in [2.45, 2.75) is 34.1 Å². The molecule has 0 aliphatic rings. The van der Waals surface area contributed by atoms with E-state index >= 15 is 0 Å². The highest BCUT2D eigenvalue weighted by Crippen LogP contribution is 2.17. The van der Waals surface area contributed by atoms with Crippen molar-refractivity contribution in [2.24, 2.45) is 0 Å². The Morgan fingerprint density at radius 3 is 2.35 bits per heavy atom. The normalized spacial score (nSPS) is 10.1. The van der Waals surface area contributed by atoms with Gasteiger partial charge in [0, 0.05) is 13.5 Å². The van der Waals surface area contributed by atoms with Crippen LogP contribution in [0.1, 0.15) is 29.2 Å². The second-order valence-corrected chi connectivity index (χ2v) is 4.35. The van der Waals surface area contributed by atoms with Crippen LogP contribution < -0.4 is 5.32 Å². The SMILES string of the molecule is CC(=O)C(=O)NCCc1ccc(C)c(C)c1C. The van der Waals surface area contributed by atoms with Gasteiger partial charge in [-0.2, -0.15) is 0 Å². The van der Waals surface area contributed by atoms with Gasteiger partial charge >= 0.3 is 0 Å². The Hall–Kier alpha value is -1.64. The van der Waals surface area contributed by atoms with Gasteiger partial charge in [-0.05, 0) is 49.4 Å². The third-order valence-corrected chi connectivity index (χ3v) is 3.17. The van der Waals surface area contributed by atoms with Crippen LogP contribution in [0.25, 0.3) is 0 Å². The number of aryl methyl sites for hydroxylation is 1. The van der Waals surface area contributed by atoms with Crippen molar-refractivity contribution in [3.05, 3.63) is 34.4 Å². The lowest BCUT2D eigenvalue weighted by atomic mass is 9.97. The average molecular weight is 233 g/mol. The van der Waals surface area contributed by atoms with Crippen LogP contribution >= 0.6 is 0 Å². The first-order chi connectivity index (χ1) is 7.93. The van der Waals surface area contributed by atoms with E-state index in [1.807, 2.05) is 0 Å². The molecule has 0 radical (unpaired) electrons. The van der Waals surface area contributed by atoms with E-state index in [1.165, 1.54) is 29.2 Å². The zero-order valence-corrected chi connectivity index (χ0v) is 10.9. The monoisotopic (exact) mass is 233 g/mol. The van der Waals surface area contributed by atoms with Crippen LogP contribution in [0.4, 0.5) is 0 Å². The predicted octanol–water partition coefficient (Wildman–Crippen LogP) is 1.86. The maximum Gasteiger partial charge on any atom is 0.287 e. The lowest BCUT2D eigenvalue weighted by Gasteiger charge is -2.11. The summed E-state index contributed by atoms with van der Waals surface area (Å²) in [4.78, 5) is 21.8. The third-order valence-electron chi connectivity index (χ3n) is 3.17. The van der Waals surface area contributed by atoms with Crippen molar-refractivity contribution in [1.29, 1.82) is 0 Å². The molecule has 0 unspecified atom stereocenters. The number of benzene rings is 1. The van der Waals surface area contributed by atoms with Gasteiger partial charge in [0.2, 0.25) is 5.78 Å². The molecule has 1 rings (SSSR count). The van der Waals surface area contributed by atoms with E-state index < -0.39 is 11.7 Å².